The van der Waals surface area contributed by atoms with Crippen molar-refractivity contribution in [3.8, 4) is 11.8 Å². The number of halogens is 2. The molecule has 0 spiro atoms. The molecule has 2 rings (SSSR count). The van der Waals surface area contributed by atoms with Crippen LogP contribution in [0.15, 0.2) is 36.4 Å². The Hall–Kier alpha value is -2.58. The molecule has 2 aromatic rings. The van der Waals surface area contributed by atoms with E-state index in [1.165, 1.54) is 24.3 Å². The van der Waals surface area contributed by atoms with Crippen LogP contribution in [0.25, 0.3) is 0 Å². The third kappa shape index (κ3) is 2.87. The van der Waals surface area contributed by atoms with Crippen LogP contribution in [0.3, 0.4) is 0 Å². The number of amides is 1. The van der Waals surface area contributed by atoms with Crippen LogP contribution < -0.4 is 5.32 Å². The number of benzene rings is 2. The maximum absolute atomic E-state index is 13.6. The lowest BCUT2D eigenvalue weighted by Gasteiger charge is -2.08. The van der Waals surface area contributed by atoms with Crippen molar-refractivity contribution >= 4 is 23.2 Å². The van der Waals surface area contributed by atoms with Gasteiger partial charge in [0.05, 0.1) is 16.8 Å². The first kappa shape index (κ1) is 13.8. The number of rotatable bonds is 2. The highest BCUT2D eigenvalue weighted by atomic mass is 35.5. The summed E-state index contributed by atoms with van der Waals surface area (Å²) < 4.78 is 13.6. The zero-order valence-corrected chi connectivity index (χ0v) is 10.8. The van der Waals surface area contributed by atoms with E-state index in [1.54, 1.807) is 0 Å². The van der Waals surface area contributed by atoms with Crippen LogP contribution in [-0.2, 0) is 0 Å². The Morgan fingerprint density at radius 3 is 2.70 bits per heavy atom. The van der Waals surface area contributed by atoms with Gasteiger partial charge < -0.3 is 10.4 Å². The summed E-state index contributed by atoms with van der Waals surface area (Å²) in [6, 6.07) is 9.43. The summed E-state index contributed by atoms with van der Waals surface area (Å²) in [6.07, 6.45) is 0. The summed E-state index contributed by atoms with van der Waals surface area (Å²) in [4.78, 5) is 11.9. The number of nitriles is 1. The Balaban J connectivity index is 2.33. The van der Waals surface area contributed by atoms with Crippen molar-refractivity contribution in [1.29, 1.82) is 5.26 Å². The van der Waals surface area contributed by atoms with Gasteiger partial charge in [0.1, 0.15) is 17.6 Å². The molecule has 0 aromatic heterocycles. The first-order valence-electron chi connectivity index (χ1n) is 5.51. The highest BCUT2D eigenvalue weighted by Gasteiger charge is 2.14. The Labute approximate surface area is 119 Å². The highest BCUT2D eigenvalue weighted by molar-refractivity contribution is 6.31. The quantitative estimate of drug-likeness (QED) is 0.891. The molecule has 0 fully saturated rings. The van der Waals surface area contributed by atoms with Crippen LogP contribution >= 0.6 is 11.6 Å². The zero-order valence-electron chi connectivity index (χ0n) is 10.0. The molecule has 0 aliphatic heterocycles. The molecule has 6 heteroatoms. The number of carbonyl (C=O) groups is 1. The minimum absolute atomic E-state index is 0.192. The van der Waals surface area contributed by atoms with Crippen LogP contribution in [0.5, 0.6) is 5.75 Å². The van der Waals surface area contributed by atoms with E-state index in [9.17, 15) is 9.18 Å². The summed E-state index contributed by atoms with van der Waals surface area (Å²) in [5.74, 6) is -1.87. The van der Waals surface area contributed by atoms with Gasteiger partial charge >= 0.3 is 0 Å². The predicted octanol–water partition coefficient (Wildman–Crippen LogP) is 3.31. The van der Waals surface area contributed by atoms with Crippen LogP contribution in [-0.4, -0.2) is 11.0 Å². The topological polar surface area (TPSA) is 73.1 Å². The van der Waals surface area contributed by atoms with Gasteiger partial charge in [-0.25, -0.2) is 4.39 Å². The van der Waals surface area contributed by atoms with Crippen LogP contribution in [0.2, 0.25) is 5.02 Å². The van der Waals surface area contributed by atoms with Crippen LogP contribution in [0, 0.1) is 17.1 Å². The summed E-state index contributed by atoms with van der Waals surface area (Å²) in [6.45, 7) is 0. The number of phenols is 1. The molecular formula is C14H8ClFN2O2. The minimum Gasteiger partial charge on any atom is -0.508 e. The van der Waals surface area contributed by atoms with Gasteiger partial charge in [0.15, 0.2) is 0 Å². The average Bonchev–Trinajstić information content (AvgIpc) is 2.38. The van der Waals surface area contributed by atoms with Crippen LogP contribution in [0.1, 0.15) is 15.9 Å². The van der Waals surface area contributed by atoms with Gasteiger partial charge in [0.25, 0.3) is 5.91 Å². The van der Waals surface area contributed by atoms with Gasteiger partial charge in [0, 0.05) is 11.1 Å². The highest BCUT2D eigenvalue weighted by Crippen LogP contribution is 2.22. The number of hydrogen-bond acceptors (Lipinski definition) is 3. The van der Waals surface area contributed by atoms with E-state index in [2.05, 4.69) is 5.32 Å². The Bertz CT molecular complexity index is 726. The van der Waals surface area contributed by atoms with Gasteiger partial charge in [-0.2, -0.15) is 5.26 Å². The van der Waals surface area contributed by atoms with Gasteiger partial charge in [-0.1, -0.05) is 11.6 Å². The first-order chi connectivity index (χ1) is 9.51. The number of aromatic hydroxyl groups is 1. The molecular weight excluding hydrogens is 283 g/mol. The van der Waals surface area contributed by atoms with E-state index < -0.39 is 11.7 Å². The number of phenolic OH excluding ortho intramolecular Hbond substituents is 1. The second-order valence-electron chi connectivity index (χ2n) is 3.92. The average molecular weight is 291 g/mol. The molecule has 1 amide bonds. The summed E-state index contributed by atoms with van der Waals surface area (Å²) in [7, 11) is 0. The third-order valence-corrected chi connectivity index (χ3v) is 2.78. The number of hydrogen-bond donors (Lipinski definition) is 2. The largest absolute Gasteiger partial charge is 0.508 e. The predicted molar refractivity (Wildman–Crippen MR) is 72.2 cm³/mol. The maximum atomic E-state index is 13.6. The smallest absolute Gasteiger partial charge is 0.258 e. The molecule has 0 heterocycles. The monoisotopic (exact) mass is 290 g/mol. The lowest BCUT2D eigenvalue weighted by Crippen LogP contribution is -2.14. The van der Waals surface area contributed by atoms with Crippen molar-refractivity contribution in [2.24, 2.45) is 0 Å². The van der Waals surface area contributed by atoms with E-state index in [-0.39, 0.29) is 22.6 Å². The Morgan fingerprint density at radius 2 is 2.05 bits per heavy atom. The third-order valence-electron chi connectivity index (χ3n) is 2.55. The molecule has 0 radical (unpaired) electrons. The molecule has 20 heavy (non-hydrogen) atoms. The van der Waals surface area contributed by atoms with Gasteiger partial charge in [0.2, 0.25) is 0 Å². The first-order valence-corrected chi connectivity index (χ1v) is 5.88. The van der Waals surface area contributed by atoms with Crippen molar-refractivity contribution < 1.29 is 14.3 Å². The van der Waals surface area contributed by atoms with Crippen molar-refractivity contribution in [3.05, 3.63) is 58.4 Å². The number of nitrogens with zero attached hydrogens (tertiary/aromatic N) is 1. The number of nitrogens with one attached hydrogen (secondary N) is 1. The fourth-order valence-corrected chi connectivity index (χ4v) is 1.77. The second-order valence-corrected chi connectivity index (χ2v) is 4.36. The molecule has 0 unspecified atom stereocenters. The fourth-order valence-electron chi connectivity index (χ4n) is 1.60. The molecule has 0 aliphatic rings. The van der Waals surface area contributed by atoms with Crippen molar-refractivity contribution in [1.82, 2.24) is 0 Å². The Morgan fingerprint density at radius 1 is 1.30 bits per heavy atom. The SMILES string of the molecule is N#Cc1ccc(Cl)cc1NC(=O)c1ccc(O)cc1F. The van der Waals surface area contributed by atoms with E-state index in [0.29, 0.717) is 5.02 Å². The van der Waals surface area contributed by atoms with E-state index >= 15 is 0 Å². The van der Waals surface area contributed by atoms with E-state index in [4.69, 9.17) is 22.0 Å². The lowest BCUT2D eigenvalue weighted by molar-refractivity contribution is 0.102. The fraction of sp³-hybridized carbons (Fsp3) is 0. The molecule has 4 nitrogen and oxygen atoms in total. The van der Waals surface area contributed by atoms with Crippen molar-refractivity contribution in [2.75, 3.05) is 5.32 Å². The molecule has 0 aliphatic carbocycles. The summed E-state index contributed by atoms with van der Waals surface area (Å²) in [5.41, 5.74) is 0.158. The standard InChI is InChI=1S/C14H8ClFN2O2/c15-9-2-1-8(7-17)13(5-9)18-14(20)11-4-3-10(19)6-12(11)16/h1-6,19H,(H,18,20). The number of anilines is 1. The van der Waals surface area contributed by atoms with Crippen LogP contribution in [0.4, 0.5) is 10.1 Å². The van der Waals surface area contributed by atoms with Crippen molar-refractivity contribution in [2.45, 2.75) is 0 Å². The lowest BCUT2D eigenvalue weighted by atomic mass is 10.1. The molecule has 0 saturated carbocycles. The van der Waals surface area contributed by atoms with Crippen molar-refractivity contribution in [3.63, 3.8) is 0 Å². The van der Waals surface area contributed by atoms with Gasteiger partial charge in [-0.05, 0) is 30.3 Å². The molecule has 0 bridgehead atoms. The number of carbonyl (C=O) groups excluding carboxylic acids is 1. The molecule has 2 aromatic carbocycles. The normalized spacial score (nSPS) is 9.85. The summed E-state index contributed by atoms with van der Waals surface area (Å²) in [5, 5.41) is 20.8. The molecule has 0 atom stereocenters. The Kier molecular flexibility index (Phi) is 3.87. The molecule has 100 valence electrons. The molecule has 2 N–H and O–H groups in total. The molecule has 0 saturated heterocycles. The van der Waals surface area contributed by atoms with Gasteiger partial charge in [-0.15, -0.1) is 0 Å². The van der Waals surface area contributed by atoms with E-state index in [1.807, 2.05) is 6.07 Å². The maximum Gasteiger partial charge on any atom is 0.258 e. The minimum atomic E-state index is -0.858. The zero-order chi connectivity index (χ0) is 14.7. The summed E-state index contributed by atoms with van der Waals surface area (Å²) >= 11 is 5.79. The van der Waals surface area contributed by atoms with E-state index in [0.717, 1.165) is 12.1 Å². The van der Waals surface area contributed by atoms with Gasteiger partial charge in [-0.3, -0.25) is 4.79 Å². The second kappa shape index (κ2) is 5.59.